The molecule has 0 aromatic heterocycles. The topological polar surface area (TPSA) is 87.2 Å². The number of amides is 2. The average Bonchev–Trinajstić information content (AvgIpc) is 3.28. The Morgan fingerprint density at radius 1 is 1.03 bits per heavy atom. The molecule has 2 aromatic rings. The third kappa shape index (κ3) is 4.33. The van der Waals surface area contributed by atoms with Crippen molar-refractivity contribution >= 4 is 23.7 Å². The molecule has 0 radical (unpaired) electrons. The van der Waals surface area contributed by atoms with Gasteiger partial charge in [-0.2, -0.15) is 0 Å². The lowest BCUT2D eigenvalue weighted by molar-refractivity contribution is -0.141. The van der Waals surface area contributed by atoms with Gasteiger partial charge in [0.1, 0.15) is 6.61 Å². The smallest absolute Gasteiger partial charge is 0.414 e. The molecule has 1 saturated carbocycles. The Labute approximate surface area is 187 Å². The summed E-state index contributed by atoms with van der Waals surface area (Å²) in [6.45, 7) is 0.201. The Bertz CT molecular complexity index is 993. The number of aliphatic carboxylic acids is 1. The first-order chi connectivity index (χ1) is 15.5. The summed E-state index contributed by atoms with van der Waals surface area (Å²) in [5, 5.41) is 8.96. The number of nitrogens with zero attached hydrogens (tertiary/aromatic N) is 2. The van der Waals surface area contributed by atoms with Gasteiger partial charge in [-0.3, -0.25) is 14.5 Å². The van der Waals surface area contributed by atoms with Gasteiger partial charge in [-0.15, -0.1) is 0 Å². The molecule has 1 N–H and O–H groups in total. The molecule has 0 bridgehead atoms. The van der Waals surface area contributed by atoms with Gasteiger partial charge in [0, 0.05) is 25.4 Å². The van der Waals surface area contributed by atoms with E-state index >= 15 is 0 Å². The zero-order valence-electron chi connectivity index (χ0n) is 18.1. The molecular weight excluding hydrogens is 408 g/mol. The third-order valence-corrected chi connectivity index (χ3v) is 6.55. The normalized spacial score (nSPS) is 21.4. The van der Waals surface area contributed by atoms with Crippen LogP contribution in [0.3, 0.4) is 0 Å². The molecule has 168 valence electrons. The van der Waals surface area contributed by atoms with E-state index in [1.807, 2.05) is 54.6 Å². The third-order valence-electron chi connectivity index (χ3n) is 6.55. The van der Waals surface area contributed by atoms with Crippen LogP contribution in [0.2, 0.25) is 0 Å². The maximum atomic E-state index is 13.2. The monoisotopic (exact) mass is 436 g/mol. The lowest BCUT2D eigenvalue weighted by atomic mass is 9.82. The molecule has 1 fully saturated rings. The molecule has 4 rings (SSSR count). The van der Waals surface area contributed by atoms with E-state index in [1.165, 1.54) is 0 Å². The number of hydrogen-bond acceptors (Lipinski definition) is 4. The van der Waals surface area contributed by atoms with Crippen LogP contribution < -0.4 is 4.90 Å². The van der Waals surface area contributed by atoms with Crippen LogP contribution >= 0.6 is 0 Å². The minimum absolute atomic E-state index is 0.0370. The molecule has 2 aromatic carbocycles. The fraction of sp³-hybridized carbons (Fsp3) is 0.400. The molecule has 32 heavy (non-hydrogen) atoms. The minimum atomic E-state index is -0.984. The summed E-state index contributed by atoms with van der Waals surface area (Å²) < 4.78 is 5.68. The molecule has 2 amide bonds. The number of ether oxygens (including phenoxy) is 1. The van der Waals surface area contributed by atoms with Crippen molar-refractivity contribution in [2.75, 3.05) is 11.9 Å². The molecule has 2 aliphatic rings. The van der Waals surface area contributed by atoms with Gasteiger partial charge < -0.3 is 14.7 Å². The van der Waals surface area contributed by atoms with Crippen molar-refractivity contribution in [3.8, 4) is 0 Å². The van der Waals surface area contributed by atoms with E-state index < -0.39 is 5.97 Å². The van der Waals surface area contributed by atoms with Crippen LogP contribution in [0.25, 0.3) is 0 Å². The maximum absolute atomic E-state index is 13.2. The Morgan fingerprint density at radius 2 is 1.75 bits per heavy atom. The zero-order valence-corrected chi connectivity index (χ0v) is 18.1. The van der Waals surface area contributed by atoms with Crippen molar-refractivity contribution in [1.29, 1.82) is 0 Å². The number of anilines is 1. The molecule has 7 nitrogen and oxygen atoms in total. The summed E-state index contributed by atoms with van der Waals surface area (Å²) in [4.78, 5) is 40.4. The number of hydrogen-bond donors (Lipinski definition) is 1. The summed E-state index contributed by atoms with van der Waals surface area (Å²) in [6.07, 6.45) is 2.08. The molecule has 3 atom stereocenters. The van der Waals surface area contributed by atoms with Gasteiger partial charge in [-0.25, -0.2) is 4.79 Å². The highest BCUT2D eigenvalue weighted by Gasteiger charge is 2.48. The van der Waals surface area contributed by atoms with E-state index in [0.717, 1.165) is 36.1 Å². The lowest BCUT2D eigenvalue weighted by Crippen LogP contribution is -2.51. The highest BCUT2D eigenvalue weighted by atomic mass is 16.6. The standard InChI is InChI=1S/C25H28N2O5/c1-26(22(28)14-15-23(29)30)24-18-10-5-6-12-20(18)27(21-13-7-11-19(21)24)25(31)32-16-17-8-3-2-4-9-17/h2-6,8-10,12,19,21,24H,7,11,13-16H2,1H3,(H,29,30)/t19-,21+,24-/m0/s1. The Kier molecular flexibility index (Phi) is 6.44. The molecule has 7 heteroatoms. The number of benzene rings is 2. The van der Waals surface area contributed by atoms with Gasteiger partial charge in [0.2, 0.25) is 5.91 Å². The fourth-order valence-corrected chi connectivity index (χ4v) is 5.09. The van der Waals surface area contributed by atoms with Crippen molar-refractivity contribution in [2.45, 2.75) is 50.8 Å². The van der Waals surface area contributed by atoms with Crippen LogP contribution in [0.15, 0.2) is 54.6 Å². The van der Waals surface area contributed by atoms with Crippen molar-refractivity contribution in [1.82, 2.24) is 4.90 Å². The second kappa shape index (κ2) is 9.42. The summed E-state index contributed by atoms with van der Waals surface area (Å²) in [6, 6.07) is 17.0. The van der Waals surface area contributed by atoms with Crippen LogP contribution in [0.5, 0.6) is 0 Å². The molecular formula is C25H28N2O5. The first kappa shape index (κ1) is 21.9. The number of rotatable bonds is 6. The van der Waals surface area contributed by atoms with E-state index in [9.17, 15) is 14.4 Å². The van der Waals surface area contributed by atoms with Gasteiger partial charge in [-0.1, -0.05) is 55.0 Å². The van der Waals surface area contributed by atoms with Crippen LogP contribution in [0.1, 0.15) is 49.3 Å². The van der Waals surface area contributed by atoms with Crippen molar-refractivity contribution in [2.24, 2.45) is 5.92 Å². The Balaban J connectivity index is 1.61. The van der Waals surface area contributed by atoms with Crippen LogP contribution in [-0.2, 0) is 20.9 Å². The highest BCUT2D eigenvalue weighted by molar-refractivity contribution is 5.91. The average molecular weight is 437 g/mol. The summed E-state index contributed by atoms with van der Waals surface area (Å²) >= 11 is 0. The van der Waals surface area contributed by atoms with Gasteiger partial charge in [0.15, 0.2) is 0 Å². The first-order valence-electron chi connectivity index (χ1n) is 11.0. The highest BCUT2D eigenvalue weighted by Crippen LogP contribution is 2.50. The summed E-state index contributed by atoms with van der Waals surface area (Å²) in [5.41, 5.74) is 2.59. The lowest BCUT2D eigenvalue weighted by Gasteiger charge is -2.46. The minimum Gasteiger partial charge on any atom is -0.481 e. The van der Waals surface area contributed by atoms with Crippen molar-refractivity contribution in [3.05, 3.63) is 65.7 Å². The van der Waals surface area contributed by atoms with E-state index in [0.29, 0.717) is 0 Å². The number of carbonyl (C=O) groups excluding carboxylic acids is 2. The van der Waals surface area contributed by atoms with Crippen LogP contribution in [-0.4, -0.2) is 41.1 Å². The number of fused-ring (bicyclic) bond motifs is 2. The van der Waals surface area contributed by atoms with Gasteiger partial charge in [0.25, 0.3) is 0 Å². The number of carbonyl (C=O) groups is 3. The number of carboxylic acids is 1. The number of carboxylic acid groups (broad SMARTS) is 1. The predicted molar refractivity (Wildman–Crippen MR) is 119 cm³/mol. The fourth-order valence-electron chi connectivity index (χ4n) is 5.09. The first-order valence-corrected chi connectivity index (χ1v) is 11.0. The molecule has 0 spiro atoms. The van der Waals surface area contributed by atoms with E-state index in [-0.39, 0.29) is 49.5 Å². The predicted octanol–water partition coefficient (Wildman–Crippen LogP) is 4.38. The molecule has 0 unspecified atom stereocenters. The number of para-hydroxylation sites is 1. The van der Waals surface area contributed by atoms with E-state index in [4.69, 9.17) is 9.84 Å². The summed E-state index contributed by atoms with van der Waals surface area (Å²) in [7, 11) is 1.74. The van der Waals surface area contributed by atoms with Gasteiger partial charge in [0.05, 0.1) is 18.2 Å². The quantitative estimate of drug-likeness (QED) is 0.726. The van der Waals surface area contributed by atoms with Crippen LogP contribution in [0, 0.1) is 5.92 Å². The summed E-state index contributed by atoms with van der Waals surface area (Å²) in [5.74, 6) is -1.10. The molecule has 1 heterocycles. The molecule has 0 saturated heterocycles. The van der Waals surface area contributed by atoms with Crippen molar-refractivity contribution < 1.29 is 24.2 Å². The van der Waals surface area contributed by atoms with Gasteiger partial charge in [-0.05, 0) is 30.0 Å². The largest absolute Gasteiger partial charge is 0.481 e. The van der Waals surface area contributed by atoms with Crippen LogP contribution in [0.4, 0.5) is 10.5 Å². The second-order valence-corrected chi connectivity index (χ2v) is 8.47. The van der Waals surface area contributed by atoms with Gasteiger partial charge >= 0.3 is 12.1 Å². The SMILES string of the molecule is CN(C(=O)CCC(=O)O)[C@H]1c2ccccc2N(C(=O)OCc2ccccc2)[C@@H]2CCC[C@@H]21. The second-order valence-electron chi connectivity index (χ2n) is 8.47. The van der Waals surface area contributed by atoms with Crippen molar-refractivity contribution in [3.63, 3.8) is 0 Å². The Hall–Kier alpha value is -3.35. The van der Waals surface area contributed by atoms with E-state index in [1.54, 1.807) is 16.8 Å². The molecule has 1 aliphatic carbocycles. The maximum Gasteiger partial charge on any atom is 0.414 e. The zero-order chi connectivity index (χ0) is 22.7. The molecule has 1 aliphatic heterocycles. The Morgan fingerprint density at radius 3 is 2.50 bits per heavy atom. The van der Waals surface area contributed by atoms with E-state index in [2.05, 4.69) is 0 Å².